The molecule has 1 amide bonds. The van der Waals surface area contributed by atoms with Crippen LogP contribution in [0.2, 0.25) is 0 Å². The lowest BCUT2D eigenvalue weighted by Crippen LogP contribution is -2.26. The van der Waals surface area contributed by atoms with Crippen LogP contribution in [0.1, 0.15) is 40.9 Å². The normalized spacial score (nSPS) is 11.7. The quantitative estimate of drug-likeness (QED) is 0.201. The van der Waals surface area contributed by atoms with E-state index in [2.05, 4.69) is 36.5 Å². The van der Waals surface area contributed by atoms with Crippen molar-refractivity contribution >= 4 is 22.6 Å². The van der Waals surface area contributed by atoms with Gasteiger partial charge in [0.25, 0.3) is 5.91 Å². The lowest BCUT2D eigenvalue weighted by atomic mass is 10.0. The molecule has 5 aromatic rings. The number of hydrogen-bond donors (Lipinski definition) is 2. The summed E-state index contributed by atoms with van der Waals surface area (Å²) in [7, 11) is 3.32. The molecular formula is C34H33N3O5. The fourth-order valence-corrected chi connectivity index (χ4v) is 5.00. The Morgan fingerprint density at radius 2 is 1.64 bits per heavy atom. The molecule has 42 heavy (non-hydrogen) atoms. The standard InChI is InChI=1S/C34H33N3O5/c1-21-5-14-29(32(17-21)42-4)30-20-31(27-11-10-26-19-28(41-3)13-12-25(26)18-27)37(36-30)22(2)23-6-8-24(9-7-23)34(40)35-16-15-33(38)39/h5-14,17-20,22H,15-16H2,1-4H3,(H,35,40)(H,38,39). The van der Waals surface area contributed by atoms with E-state index in [1.807, 2.05) is 60.1 Å². The predicted molar refractivity (Wildman–Crippen MR) is 163 cm³/mol. The van der Waals surface area contributed by atoms with Crippen LogP contribution in [0.15, 0.2) is 84.9 Å². The molecule has 8 nitrogen and oxygen atoms in total. The molecule has 0 saturated heterocycles. The van der Waals surface area contributed by atoms with Gasteiger partial charge in [-0.3, -0.25) is 14.3 Å². The third-order valence-electron chi connectivity index (χ3n) is 7.36. The van der Waals surface area contributed by atoms with Crippen LogP contribution in [0.3, 0.4) is 0 Å². The van der Waals surface area contributed by atoms with Gasteiger partial charge in [0, 0.05) is 23.2 Å². The van der Waals surface area contributed by atoms with Crippen LogP contribution in [0.5, 0.6) is 11.5 Å². The molecule has 0 aliphatic rings. The zero-order chi connectivity index (χ0) is 29.8. The summed E-state index contributed by atoms with van der Waals surface area (Å²) in [5.74, 6) is 0.296. The molecule has 0 fully saturated rings. The largest absolute Gasteiger partial charge is 0.497 e. The number of aryl methyl sites for hydroxylation is 1. The third kappa shape index (κ3) is 5.98. The smallest absolute Gasteiger partial charge is 0.305 e. The van der Waals surface area contributed by atoms with E-state index in [-0.39, 0.29) is 24.9 Å². The summed E-state index contributed by atoms with van der Waals surface area (Å²) in [5.41, 5.74) is 6.17. The van der Waals surface area contributed by atoms with Crippen molar-refractivity contribution in [3.63, 3.8) is 0 Å². The Morgan fingerprint density at radius 1 is 0.905 bits per heavy atom. The highest BCUT2D eigenvalue weighted by molar-refractivity contribution is 5.94. The van der Waals surface area contributed by atoms with Crippen LogP contribution >= 0.6 is 0 Å². The second-order valence-corrected chi connectivity index (χ2v) is 10.2. The summed E-state index contributed by atoms with van der Waals surface area (Å²) >= 11 is 0. The van der Waals surface area contributed by atoms with Crippen molar-refractivity contribution in [1.82, 2.24) is 15.1 Å². The molecule has 1 aromatic heterocycles. The molecular weight excluding hydrogens is 530 g/mol. The Bertz CT molecular complexity index is 1760. The number of nitrogens with zero attached hydrogens (tertiary/aromatic N) is 2. The minimum Gasteiger partial charge on any atom is -0.497 e. The van der Waals surface area contributed by atoms with Crippen molar-refractivity contribution in [3.05, 3.63) is 102 Å². The predicted octanol–water partition coefficient (Wildman–Crippen LogP) is 6.51. The first-order valence-electron chi connectivity index (χ1n) is 13.7. The number of carboxylic acid groups (broad SMARTS) is 1. The van der Waals surface area contributed by atoms with Crippen molar-refractivity contribution in [3.8, 4) is 34.0 Å². The van der Waals surface area contributed by atoms with Gasteiger partial charge >= 0.3 is 5.97 Å². The average Bonchev–Trinajstić information content (AvgIpc) is 3.45. The molecule has 5 rings (SSSR count). The number of amides is 1. The zero-order valence-corrected chi connectivity index (χ0v) is 24.0. The molecule has 1 heterocycles. The van der Waals surface area contributed by atoms with Crippen LogP contribution in [0, 0.1) is 6.92 Å². The Kier molecular flexibility index (Phi) is 8.24. The van der Waals surface area contributed by atoms with Crippen LogP contribution in [0.4, 0.5) is 0 Å². The number of methoxy groups -OCH3 is 2. The molecule has 2 N–H and O–H groups in total. The number of carbonyl (C=O) groups is 2. The van der Waals surface area contributed by atoms with E-state index in [0.29, 0.717) is 5.56 Å². The van der Waals surface area contributed by atoms with Crippen molar-refractivity contribution in [1.29, 1.82) is 0 Å². The Hall–Kier alpha value is -5.11. The van der Waals surface area contributed by atoms with Gasteiger partial charge < -0.3 is 19.9 Å². The number of ether oxygens (including phenoxy) is 2. The van der Waals surface area contributed by atoms with Gasteiger partial charge in [-0.25, -0.2) is 0 Å². The molecule has 0 aliphatic carbocycles. The highest BCUT2D eigenvalue weighted by atomic mass is 16.5. The van der Waals surface area contributed by atoms with Gasteiger partial charge in [-0.15, -0.1) is 0 Å². The number of rotatable bonds is 10. The number of fused-ring (bicyclic) bond motifs is 1. The summed E-state index contributed by atoms with van der Waals surface area (Å²) in [5, 5.41) is 18.7. The minimum atomic E-state index is -0.955. The Balaban J connectivity index is 1.54. The number of aromatic nitrogens is 2. The van der Waals surface area contributed by atoms with Crippen molar-refractivity contribution in [2.75, 3.05) is 20.8 Å². The van der Waals surface area contributed by atoms with Gasteiger partial charge in [-0.05, 0) is 84.3 Å². The third-order valence-corrected chi connectivity index (χ3v) is 7.36. The summed E-state index contributed by atoms with van der Waals surface area (Å²) in [6.07, 6.45) is -0.126. The lowest BCUT2D eigenvalue weighted by molar-refractivity contribution is -0.136. The number of hydrogen-bond acceptors (Lipinski definition) is 5. The van der Waals surface area contributed by atoms with E-state index in [1.54, 1.807) is 26.4 Å². The van der Waals surface area contributed by atoms with E-state index >= 15 is 0 Å². The zero-order valence-electron chi connectivity index (χ0n) is 24.0. The van der Waals surface area contributed by atoms with Gasteiger partial charge in [0.1, 0.15) is 11.5 Å². The van der Waals surface area contributed by atoms with Crippen molar-refractivity contribution in [2.24, 2.45) is 0 Å². The van der Waals surface area contributed by atoms with Crippen LogP contribution < -0.4 is 14.8 Å². The summed E-state index contributed by atoms with van der Waals surface area (Å²) in [6.45, 7) is 4.17. The minimum absolute atomic E-state index is 0.0761. The fraction of sp³-hybridized carbons (Fsp3) is 0.206. The molecule has 0 aliphatic heterocycles. The highest BCUT2D eigenvalue weighted by Gasteiger charge is 2.20. The average molecular weight is 564 g/mol. The van der Waals surface area contributed by atoms with Gasteiger partial charge in [0.2, 0.25) is 0 Å². The molecule has 8 heteroatoms. The monoisotopic (exact) mass is 563 g/mol. The number of carbonyl (C=O) groups excluding carboxylic acids is 1. The SMILES string of the molecule is COc1ccc2cc(-c3cc(-c4ccc(C)cc4OC)nn3C(C)c3ccc(C(=O)NCCC(=O)O)cc3)ccc2c1. The first-order valence-corrected chi connectivity index (χ1v) is 13.7. The number of nitrogens with one attached hydrogen (secondary N) is 1. The molecule has 4 aromatic carbocycles. The first-order chi connectivity index (χ1) is 20.3. The summed E-state index contributed by atoms with van der Waals surface area (Å²) in [4.78, 5) is 23.2. The molecule has 0 radical (unpaired) electrons. The van der Waals surface area contributed by atoms with E-state index in [1.165, 1.54) is 0 Å². The van der Waals surface area contributed by atoms with Crippen molar-refractivity contribution < 1.29 is 24.2 Å². The van der Waals surface area contributed by atoms with E-state index < -0.39 is 5.97 Å². The fourth-order valence-electron chi connectivity index (χ4n) is 5.00. The summed E-state index contributed by atoms with van der Waals surface area (Å²) in [6, 6.07) is 27.6. The first kappa shape index (κ1) is 28.4. The van der Waals surface area contributed by atoms with Crippen LogP contribution in [-0.4, -0.2) is 47.5 Å². The highest BCUT2D eigenvalue weighted by Crippen LogP contribution is 2.36. The van der Waals surface area contributed by atoms with Gasteiger partial charge in [-0.2, -0.15) is 5.10 Å². The topological polar surface area (TPSA) is 103 Å². The van der Waals surface area contributed by atoms with Gasteiger partial charge in [-0.1, -0.05) is 36.4 Å². The molecule has 0 bridgehead atoms. The van der Waals surface area contributed by atoms with Crippen LogP contribution in [-0.2, 0) is 4.79 Å². The maximum absolute atomic E-state index is 12.5. The van der Waals surface area contributed by atoms with Crippen molar-refractivity contribution in [2.45, 2.75) is 26.3 Å². The van der Waals surface area contributed by atoms with E-state index in [0.717, 1.165) is 55.9 Å². The van der Waals surface area contributed by atoms with Crippen LogP contribution in [0.25, 0.3) is 33.3 Å². The van der Waals surface area contributed by atoms with Gasteiger partial charge in [0.15, 0.2) is 0 Å². The number of benzene rings is 4. The second kappa shape index (κ2) is 12.2. The molecule has 0 saturated carbocycles. The lowest BCUT2D eigenvalue weighted by Gasteiger charge is -2.17. The maximum atomic E-state index is 12.5. The number of carboxylic acids is 1. The summed E-state index contributed by atoms with van der Waals surface area (Å²) < 4.78 is 13.1. The molecule has 1 unspecified atom stereocenters. The molecule has 0 spiro atoms. The second-order valence-electron chi connectivity index (χ2n) is 10.2. The van der Waals surface area contributed by atoms with E-state index in [4.69, 9.17) is 19.7 Å². The molecule has 1 atom stereocenters. The van der Waals surface area contributed by atoms with Gasteiger partial charge in [0.05, 0.1) is 38.1 Å². The maximum Gasteiger partial charge on any atom is 0.305 e. The number of aliphatic carboxylic acids is 1. The Morgan fingerprint density at radius 3 is 2.36 bits per heavy atom. The Labute approximate surface area is 244 Å². The molecule has 214 valence electrons. The van der Waals surface area contributed by atoms with E-state index in [9.17, 15) is 9.59 Å².